The monoisotopic (exact) mass is 728 g/mol. The van der Waals surface area contributed by atoms with Gasteiger partial charge in [0.2, 0.25) is 0 Å². The molecular weight excluding hydrogens is 722 g/mol. The van der Waals surface area contributed by atoms with E-state index in [0.717, 1.165) is 22.7 Å². The highest BCUT2D eigenvalue weighted by molar-refractivity contribution is 7.20. The quantitative estimate of drug-likeness (QED) is 0.129. The molecule has 0 fully saturated rings. The summed E-state index contributed by atoms with van der Waals surface area (Å²) in [6, 6.07) is 1.33. The predicted molar refractivity (Wildman–Crippen MR) is 127 cm³/mol. The third-order valence-corrected chi connectivity index (χ3v) is 8.66. The molecule has 250 valence electrons. The molecule has 0 saturated heterocycles. The Hall–Kier alpha value is -3.30. The van der Waals surface area contributed by atoms with E-state index in [2.05, 4.69) is 9.97 Å². The molecule has 5 aromatic rings. The molecule has 0 N–H and O–H groups in total. The second-order valence-electron chi connectivity index (χ2n) is 9.58. The van der Waals surface area contributed by atoms with Crippen LogP contribution in [0.1, 0.15) is 11.1 Å². The fraction of sp³-hybridized carbons (Fsp3) is 0.333. The Labute approximate surface area is 248 Å². The van der Waals surface area contributed by atoms with E-state index in [1.165, 1.54) is 22.9 Å². The van der Waals surface area contributed by atoms with Crippen LogP contribution >= 0.6 is 22.7 Å². The number of nitrogens with zero attached hydrogens (tertiary/aromatic N) is 2. The maximum Gasteiger partial charge on any atom is 0.460 e. The van der Waals surface area contributed by atoms with Crippen LogP contribution in [0.4, 0.5) is 79.0 Å². The Morgan fingerprint density at radius 2 is 0.739 bits per heavy atom. The molecule has 22 heteroatoms. The maximum atomic E-state index is 15.1. The summed E-state index contributed by atoms with van der Waals surface area (Å²) in [5.41, 5.74) is -10.5. The van der Waals surface area contributed by atoms with Crippen LogP contribution < -0.4 is 0 Å². The van der Waals surface area contributed by atoms with Gasteiger partial charge in [-0.2, -0.15) is 79.0 Å². The van der Waals surface area contributed by atoms with Crippen molar-refractivity contribution in [3.05, 3.63) is 46.2 Å². The van der Waals surface area contributed by atoms with Gasteiger partial charge in [0.25, 0.3) is 0 Å². The molecule has 3 heterocycles. The lowest BCUT2D eigenvalue weighted by molar-refractivity contribution is -0.404. The number of rotatable bonds is 6. The van der Waals surface area contributed by atoms with Crippen LogP contribution in [0.2, 0.25) is 0 Å². The molecule has 0 atom stereocenters. The number of fused-ring (bicyclic) bond motifs is 7. The first-order valence-corrected chi connectivity index (χ1v) is 13.3. The Morgan fingerprint density at radius 3 is 1.02 bits per heavy atom. The van der Waals surface area contributed by atoms with E-state index in [1.54, 1.807) is 0 Å². The smallest absolute Gasteiger partial charge is 0.243 e. The van der Waals surface area contributed by atoms with E-state index >= 15 is 17.6 Å². The molecule has 0 saturated carbocycles. The molecule has 2 nitrogen and oxygen atoms in total. The Kier molecular flexibility index (Phi) is 7.13. The van der Waals surface area contributed by atoms with Gasteiger partial charge in [-0.1, -0.05) is 0 Å². The topological polar surface area (TPSA) is 25.8 Å². The molecule has 0 unspecified atom stereocenters. The molecule has 0 aliphatic heterocycles. The zero-order chi connectivity index (χ0) is 34.8. The molecule has 5 rings (SSSR count). The number of halogens is 18. The van der Waals surface area contributed by atoms with Crippen molar-refractivity contribution in [1.29, 1.82) is 0 Å². The van der Waals surface area contributed by atoms with E-state index in [0.29, 0.717) is 10.8 Å². The highest BCUT2D eigenvalue weighted by atomic mass is 32.1. The summed E-state index contributed by atoms with van der Waals surface area (Å²) >= 11 is 1.76. The van der Waals surface area contributed by atoms with E-state index < -0.39 is 82.2 Å². The van der Waals surface area contributed by atoms with Crippen molar-refractivity contribution >= 4 is 64.9 Å². The van der Waals surface area contributed by atoms with Gasteiger partial charge in [-0.15, -0.1) is 22.7 Å². The van der Waals surface area contributed by atoms with Crippen LogP contribution in [-0.4, -0.2) is 46.0 Å². The summed E-state index contributed by atoms with van der Waals surface area (Å²) in [6.07, 6.45) is -15.1. The fourth-order valence-corrected chi connectivity index (χ4v) is 6.24. The minimum absolute atomic E-state index is 0.142. The van der Waals surface area contributed by atoms with Crippen molar-refractivity contribution in [2.75, 3.05) is 0 Å². The molecule has 0 radical (unpaired) electrons. The molecule has 3 aromatic heterocycles. The fourth-order valence-electron chi connectivity index (χ4n) is 4.44. The lowest BCUT2D eigenvalue weighted by atomic mass is 9.86. The van der Waals surface area contributed by atoms with E-state index in [9.17, 15) is 61.5 Å². The van der Waals surface area contributed by atoms with Crippen LogP contribution in [0, 0.1) is 0 Å². The zero-order valence-electron chi connectivity index (χ0n) is 21.0. The first-order chi connectivity index (χ1) is 20.6. The molecule has 0 aliphatic carbocycles. The largest absolute Gasteiger partial charge is 0.460 e. The second-order valence-corrected chi connectivity index (χ2v) is 11.4. The summed E-state index contributed by atoms with van der Waals surface area (Å²) in [5, 5.41) is 3.67. The average molecular weight is 728 g/mol. The molecule has 0 bridgehead atoms. The Bertz CT molecular complexity index is 1860. The van der Waals surface area contributed by atoms with Crippen molar-refractivity contribution in [3.63, 3.8) is 0 Å². The number of benzene rings is 2. The predicted octanol–water partition coefficient (Wildman–Crippen LogP) is 11.1. The molecule has 0 amide bonds. The zero-order valence-corrected chi connectivity index (χ0v) is 22.6. The van der Waals surface area contributed by atoms with Gasteiger partial charge in [-0.05, 0) is 35.0 Å². The van der Waals surface area contributed by atoms with Gasteiger partial charge in [-0.3, -0.25) is 0 Å². The van der Waals surface area contributed by atoms with Crippen LogP contribution in [0.25, 0.3) is 42.2 Å². The van der Waals surface area contributed by atoms with Crippen LogP contribution in [0.5, 0.6) is 0 Å². The van der Waals surface area contributed by atoms with Crippen molar-refractivity contribution in [2.45, 2.75) is 47.9 Å². The minimum atomic E-state index is -7.84. The van der Waals surface area contributed by atoms with E-state index in [4.69, 9.17) is 0 Å². The van der Waals surface area contributed by atoms with Gasteiger partial charge in [0.15, 0.2) is 0 Å². The summed E-state index contributed by atoms with van der Waals surface area (Å²) in [4.78, 5) is 7.51. The minimum Gasteiger partial charge on any atom is -0.243 e. The van der Waals surface area contributed by atoms with Crippen molar-refractivity contribution in [1.82, 2.24) is 9.97 Å². The summed E-state index contributed by atoms with van der Waals surface area (Å²) < 4.78 is 250. The molecule has 2 aromatic carbocycles. The lowest BCUT2D eigenvalue weighted by Gasteiger charge is -2.37. The van der Waals surface area contributed by atoms with Crippen LogP contribution in [0.15, 0.2) is 35.0 Å². The molecule has 46 heavy (non-hydrogen) atoms. The first kappa shape index (κ1) is 34.0. The highest BCUT2D eigenvalue weighted by Crippen LogP contribution is 2.62. The Morgan fingerprint density at radius 1 is 0.435 bits per heavy atom. The number of thiophene rings is 2. The number of aromatic nitrogens is 2. The van der Waals surface area contributed by atoms with Crippen LogP contribution in [0.3, 0.4) is 0 Å². The van der Waals surface area contributed by atoms with Gasteiger partial charge in [-0.25, -0.2) is 9.97 Å². The lowest BCUT2D eigenvalue weighted by Crippen LogP contribution is -2.61. The second kappa shape index (κ2) is 9.63. The average Bonchev–Trinajstić information content (AvgIpc) is 3.60. The molecule has 0 aliphatic rings. The van der Waals surface area contributed by atoms with E-state index in [1.807, 2.05) is 0 Å². The summed E-state index contributed by atoms with van der Waals surface area (Å²) in [6.45, 7) is 0. The third kappa shape index (κ3) is 4.26. The number of hydrogen-bond donors (Lipinski definition) is 0. The van der Waals surface area contributed by atoms with Crippen molar-refractivity contribution in [2.24, 2.45) is 0 Å². The van der Waals surface area contributed by atoms with Gasteiger partial charge >= 0.3 is 47.9 Å². The Balaban J connectivity index is 1.93. The number of alkyl halides is 18. The van der Waals surface area contributed by atoms with E-state index in [-0.39, 0.29) is 20.4 Å². The SMILES string of the molecule is FC(F)(F)C(F)(F)C(F)(F)C(F)(F)c1cc2nc3c(nc2cc1C(F)(F)C(F)(F)C(F)(F)C(F)(F)F)c1sccc1c1ccsc13. The summed E-state index contributed by atoms with van der Waals surface area (Å²) in [7, 11) is 0. The number of hydrogen-bond acceptors (Lipinski definition) is 4. The standard InChI is InChI=1S/C24H6F18N2S2/c25-17(26,19(29,30)21(33,34)23(37,38)39)9-5-11-12(6-10(9)18(27,28)20(31,32)22(35,36)24(40,41)42)44-14-13(43-11)15-7(1-3-45-15)8-2-4-46-16(8)14/h1-6H. The maximum absolute atomic E-state index is 15.1. The van der Waals surface area contributed by atoms with Gasteiger partial charge in [0.05, 0.1) is 20.4 Å². The van der Waals surface area contributed by atoms with Gasteiger partial charge in [0.1, 0.15) is 11.0 Å². The van der Waals surface area contributed by atoms with Crippen molar-refractivity contribution < 1.29 is 79.0 Å². The summed E-state index contributed by atoms with van der Waals surface area (Å²) in [5.74, 6) is -46.0. The van der Waals surface area contributed by atoms with Gasteiger partial charge < -0.3 is 0 Å². The van der Waals surface area contributed by atoms with Gasteiger partial charge in [0, 0.05) is 21.9 Å². The highest BCUT2D eigenvalue weighted by Gasteiger charge is 2.85. The third-order valence-electron chi connectivity index (χ3n) is 6.82. The normalized spacial score (nSPS) is 15.2. The van der Waals surface area contributed by atoms with Crippen molar-refractivity contribution in [3.8, 4) is 0 Å². The van der Waals surface area contributed by atoms with Crippen LogP contribution in [-0.2, 0) is 11.8 Å². The first-order valence-electron chi connectivity index (χ1n) is 11.6. The molecule has 0 spiro atoms. The molecular formula is C24H6F18N2S2.